The number of carbonyl (C=O) groups is 2. The van der Waals surface area contributed by atoms with Crippen LogP contribution in [0.15, 0.2) is 12.5 Å². The highest BCUT2D eigenvalue weighted by molar-refractivity contribution is 7.99. The number of carboxylic acid groups (broad SMARTS) is 1. The number of hydrogen-bond donors (Lipinski definition) is 4. The van der Waals surface area contributed by atoms with E-state index < -0.39 is 12.0 Å². The molecule has 0 radical (unpaired) electrons. The van der Waals surface area contributed by atoms with Crippen molar-refractivity contribution in [3.05, 3.63) is 18.2 Å². The van der Waals surface area contributed by atoms with Crippen LogP contribution in [0, 0.1) is 0 Å². The molecule has 4 N–H and O–H groups in total. The Kier molecular flexibility index (Phi) is 4.21. The summed E-state index contributed by atoms with van der Waals surface area (Å²) in [6.45, 7) is 0. The van der Waals surface area contributed by atoms with E-state index in [1.807, 2.05) is 0 Å². The maximum Gasteiger partial charge on any atom is 0.326 e. The first kappa shape index (κ1) is 12.9. The van der Waals surface area contributed by atoms with Crippen LogP contribution >= 0.6 is 11.8 Å². The molecule has 1 aliphatic rings. The van der Waals surface area contributed by atoms with Gasteiger partial charge in [0.1, 0.15) is 6.04 Å². The van der Waals surface area contributed by atoms with E-state index in [0.29, 0.717) is 11.4 Å². The third kappa shape index (κ3) is 3.23. The summed E-state index contributed by atoms with van der Waals surface area (Å²) < 4.78 is 0. The summed E-state index contributed by atoms with van der Waals surface area (Å²) in [5, 5.41) is 14.6. The molecular formula is C10H14N4O3S. The molecule has 0 aromatic carbocycles. The van der Waals surface area contributed by atoms with Crippen molar-refractivity contribution in [3.8, 4) is 0 Å². The third-order valence-electron chi connectivity index (χ3n) is 2.63. The van der Waals surface area contributed by atoms with Gasteiger partial charge in [-0.25, -0.2) is 9.78 Å². The van der Waals surface area contributed by atoms with Crippen molar-refractivity contribution in [1.82, 2.24) is 20.6 Å². The summed E-state index contributed by atoms with van der Waals surface area (Å²) in [4.78, 5) is 29.5. The van der Waals surface area contributed by atoms with E-state index in [1.165, 1.54) is 6.33 Å². The minimum Gasteiger partial charge on any atom is -0.480 e. The number of aromatic nitrogens is 2. The minimum absolute atomic E-state index is 0.195. The maximum absolute atomic E-state index is 11.8. The first-order chi connectivity index (χ1) is 8.66. The highest BCUT2D eigenvalue weighted by Gasteiger charge is 2.27. The average molecular weight is 270 g/mol. The second kappa shape index (κ2) is 5.87. The molecule has 0 aliphatic carbocycles. The van der Waals surface area contributed by atoms with Crippen LogP contribution in [0.4, 0.5) is 0 Å². The second-order valence-corrected chi connectivity index (χ2v) is 4.98. The third-order valence-corrected chi connectivity index (χ3v) is 3.57. The number of H-pyrrole nitrogens is 1. The van der Waals surface area contributed by atoms with Crippen molar-refractivity contribution >= 4 is 23.6 Å². The van der Waals surface area contributed by atoms with Gasteiger partial charge >= 0.3 is 5.97 Å². The lowest BCUT2D eigenvalue weighted by Gasteiger charge is -2.16. The van der Waals surface area contributed by atoms with Gasteiger partial charge in [0.25, 0.3) is 0 Å². The van der Waals surface area contributed by atoms with Gasteiger partial charge in [-0.1, -0.05) is 0 Å². The first-order valence-corrected chi connectivity index (χ1v) is 6.64. The normalized spacial score (nSPS) is 20.6. The fourth-order valence-corrected chi connectivity index (χ4v) is 2.59. The number of amides is 1. The Labute approximate surface area is 108 Å². The molecule has 98 valence electrons. The molecular weight excluding hydrogens is 256 g/mol. The monoisotopic (exact) mass is 270 g/mol. The van der Waals surface area contributed by atoms with E-state index in [9.17, 15) is 9.59 Å². The molecule has 2 heterocycles. The molecule has 1 amide bonds. The molecule has 0 saturated carbocycles. The summed E-state index contributed by atoms with van der Waals surface area (Å²) in [6.07, 6.45) is 3.22. The van der Waals surface area contributed by atoms with Gasteiger partial charge in [-0.2, -0.15) is 0 Å². The lowest BCUT2D eigenvalue weighted by atomic mass is 10.1. The van der Waals surface area contributed by atoms with Gasteiger partial charge < -0.3 is 15.4 Å². The largest absolute Gasteiger partial charge is 0.480 e. The number of carbonyl (C=O) groups excluding carboxylic acids is 1. The summed E-state index contributed by atoms with van der Waals surface area (Å²) in [6, 6.07) is -1.25. The van der Waals surface area contributed by atoms with Gasteiger partial charge in [0, 0.05) is 29.9 Å². The number of nitrogens with one attached hydrogen (secondary N) is 3. The van der Waals surface area contributed by atoms with Crippen molar-refractivity contribution < 1.29 is 14.7 Å². The zero-order valence-electron chi connectivity index (χ0n) is 9.55. The van der Waals surface area contributed by atoms with Crippen LogP contribution in [-0.2, 0) is 16.0 Å². The molecule has 2 rings (SSSR count). The molecule has 18 heavy (non-hydrogen) atoms. The molecule has 2 unspecified atom stereocenters. The van der Waals surface area contributed by atoms with E-state index in [4.69, 9.17) is 5.11 Å². The van der Waals surface area contributed by atoms with E-state index in [-0.39, 0.29) is 18.4 Å². The molecule has 1 aromatic rings. The van der Waals surface area contributed by atoms with E-state index in [2.05, 4.69) is 20.6 Å². The molecule has 8 heteroatoms. The standard InChI is InChI=1S/C10H14N4O3S/c15-9(8-3-18-5-13-8)14-7(10(16)17)1-6-2-11-4-12-6/h2,4,7-8,13H,1,3,5H2,(H,11,12)(H,14,15)(H,16,17). The Balaban J connectivity index is 1.93. The van der Waals surface area contributed by atoms with E-state index >= 15 is 0 Å². The highest BCUT2D eigenvalue weighted by atomic mass is 32.2. The average Bonchev–Trinajstić information content (AvgIpc) is 3.00. The smallest absolute Gasteiger partial charge is 0.326 e. The number of thioether (sulfide) groups is 1. The summed E-state index contributed by atoms with van der Waals surface area (Å²) in [5.41, 5.74) is 0.677. The number of aromatic amines is 1. The van der Waals surface area contributed by atoms with Crippen LogP contribution in [0.2, 0.25) is 0 Å². The van der Waals surface area contributed by atoms with Crippen molar-refractivity contribution in [2.45, 2.75) is 18.5 Å². The Morgan fingerprint density at radius 1 is 1.67 bits per heavy atom. The Hall–Kier alpha value is -1.54. The van der Waals surface area contributed by atoms with Crippen molar-refractivity contribution in [1.29, 1.82) is 0 Å². The van der Waals surface area contributed by atoms with Crippen LogP contribution < -0.4 is 10.6 Å². The van der Waals surface area contributed by atoms with E-state index in [0.717, 1.165) is 5.88 Å². The predicted molar refractivity (Wildman–Crippen MR) is 66.1 cm³/mol. The SMILES string of the molecule is O=C(O)C(Cc1cnc[nH]1)NC(=O)C1CSCN1. The van der Waals surface area contributed by atoms with E-state index in [1.54, 1.807) is 18.0 Å². The number of nitrogens with zero attached hydrogens (tertiary/aromatic N) is 1. The lowest BCUT2D eigenvalue weighted by Crippen LogP contribution is -2.50. The van der Waals surface area contributed by atoms with Crippen LogP contribution in [0.25, 0.3) is 0 Å². The second-order valence-electron chi connectivity index (χ2n) is 3.95. The number of imidazole rings is 1. The zero-order chi connectivity index (χ0) is 13.0. The van der Waals surface area contributed by atoms with Crippen molar-refractivity contribution in [2.75, 3.05) is 11.6 Å². The van der Waals surface area contributed by atoms with Crippen molar-refractivity contribution in [2.24, 2.45) is 0 Å². The van der Waals surface area contributed by atoms with Gasteiger partial charge in [0.15, 0.2) is 0 Å². The fraction of sp³-hybridized carbons (Fsp3) is 0.500. The quantitative estimate of drug-likeness (QED) is 0.557. The first-order valence-electron chi connectivity index (χ1n) is 5.48. The lowest BCUT2D eigenvalue weighted by molar-refractivity contribution is -0.142. The molecule has 0 spiro atoms. The number of hydrogen-bond acceptors (Lipinski definition) is 5. The summed E-state index contributed by atoms with van der Waals surface area (Å²) >= 11 is 1.62. The van der Waals surface area contributed by atoms with Gasteiger partial charge in [0.2, 0.25) is 5.91 Å². The van der Waals surface area contributed by atoms with Crippen LogP contribution in [-0.4, -0.2) is 50.7 Å². The van der Waals surface area contributed by atoms with Crippen LogP contribution in [0.5, 0.6) is 0 Å². The fourth-order valence-electron chi connectivity index (χ4n) is 1.65. The summed E-state index contributed by atoms with van der Waals surface area (Å²) in [7, 11) is 0. The number of rotatable bonds is 5. The van der Waals surface area contributed by atoms with Crippen LogP contribution in [0.3, 0.4) is 0 Å². The molecule has 7 nitrogen and oxygen atoms in total. The van der Waals surface area contributed by atoms with Gasteiger partial charge in [-0.15, -0.1) is 11.8 Å². The maximum atomic E-state index is 11.8. The molecule has 0 bridgehead atoms. The van der Waals surface area contributed by atoms with Gasteiger partial charge in [0.05, 0.1) is 12.4 Å². The predicted octanol–water partition coefficient (Wildman–Crippen LogP) is -0.816. The Morgan fingerprint density at radius 2 is 2.50 bits per heavy atom. The van der Waals surface area contributed by atoms with Gasteiger partial charge in [-0.05, 0) is 0 Å². The number of aliphatic carboxylic acids is 1. The molecule has 1 saturated heterocycles. The molecule has 1 aliphatic heterocycles. The Bertz CT molecular complexity index is 417. The number of carboxylic acids is 1. The summed E-state index contributed by atoms with van der Waals surface area (Å²) in [5.74, 6) is 0.0639. The Morgan fingerprint density at radius 3 is 3.06 bits per heavy atom. The minimum atomic E-state index is -1.05. The topological polar surface area (TPSA) is 107 Å². The van der Waals surface area contributed by atoms with Gasteiger partial charge in [-0.3, -0.25) is 10.1 Å². The zero-order valence-corrected chi connectivity index (χ0v) is 10.4. The molecule has 2 atom stereocenters. The van der Waals surface area contributed by atoms with Crippen LogP contribution in [0.1, 0.15) is 5.69 Å². The molecule has 1 fully saturated rings. The molecule has 1 aromatic heterocycles. The van der Waals surface area contributed by atoms with Crippen molar-refractivity contribution in [3.63, 3.8) is 0 Å². The highest BCUT2D eigenvalue weighted by Crippen LogP contribution is 2.10.